The first-order chi connectivity index (χ1) is 15.5. The molecular weight excluding hydrogens is 422 g/mol. The van der Waals surface area contributed by atoms with E-state index in [0.29, 0.717) is 24.0 Å². The summed E-state index contributed by atoms with van der Waals surface area (Å²) in [6.45, 7) is 11.4. The lowest BCUT2D eigenvalue weighted by Crippen LogP contribution is -2.22. The summed E-state index contributed by atoms with van der Waals surface area (Å²) in [5.41, 5.74) is 1.51. The Balaban J connectivity index is 1.67. The van der Waals surface area contributed by atoms with Crippen molar-refractivity contribution in [2.24, 2.45) is 5.92 Å². The van der Waals surface area contributed by atoms with Gasteiger partial charge in [0.05, 0.1) is 28.2 Å². The van der Waals surface area contributed by atoms with Crippen LogP contribution in [0.25, 0.3) is 10.2 Å². The van der Waals surface area contributed by atoms with Gasteiger partial charge in [0.1, 0.15) is 11.5 Å². The second-order valence-electron chi connectivity index (χ2n) is 7.64. The van der Waals surface area contributed by atoms with E-state index in [9.17, 15) is 4.79 Å². The van der Waals surface area contributed by atoms with E-state index in [1.54, 1.807) is 29.7 Å². The van der Waals surface area contributed by atoms with Gasteiger partial charge < -0.3 is 9.47 Å². The number of carbonyl (C=O) groups is 1. The number of anilines is 1. The number of fused-ring (bicyclic) bond motifs is 1. The average molecular weight is 452 g/mol. The molecule has 1 N–H and O–H groups in total. The Morgan fingerprint density at radius 3 is 2.62 bits per heavy atom. The van der Waals surface area contributed by atoms with E-state index >= 15 is 0 Å². The van der Waals surface area contributed by atoms with E-state index in [-0.39, 0.29) is 0 Å². The Morgan fingerprint density at radius 2 is 1.94 bits per heavy atom. The number of amides is 1. The number of hydrogen-bond acceptors (Lipinski definition) is 6. The highest BCUT2D eigenvalue weighted by atomic mass is 32.1. The molecule has 0 atom stereocenters. The fourth-order valence-corrected chi connectivity index (χ4v) is 3.81. The van der Waals surface area contributed by atoms with Crippen molar-refractivity contribution in [3.8, 4) is 23.3 Å². The van der Waals surface area contributed by atoms with Crippen molar-refractivity contribution in [2.45, 2.75) is 27.7 Å². The summed E-state index contributed by atoms with van der Waals surface area (Å²) >= 11 is 1.58. The third-order valence-electron chi connectivity index (χ3n) is 4.66. The first-order valence-electron chi connectivity index (χ1n) is 10.8. The summed E-state index contributed by atoms with van der Waals surface area (Å²) in [5.74, 6) is 8.18. The van der Waals surface area contributed by atoms with E-state index in [1.165, 1.54) is 0 Å². The minimum atomic E-state index is -0.462. The highest BCUT2D eigenvalue weighted by molar-refractivity contribution is 7.19. The third kappa shape index (κ3) is 6.71. The van der Waals surface area contributed by atoms with Gasteiger partial charge in [0, 0.05) is 18.0 Å². The lowest BCUT2D eigenvalue weighted by molar-refractivity contribution is 0.147. The van der Waals surface area contributed by atoms with Crippen molar-refractivity contribution in [1.29, 1.82) is 0 Å². The van der Waals surface area contributed by atoms with E-state index in [0.717, 1.165) is 40.5 Å². The zero-order chi connectivity index (χ0) is 22.9. The SMILES string of the molecule is CCN(CC)CC#Cc1cc2nccc(Oc3ccc(NC(=O)OCC(C)C)cc3)c2s1. The van der Waals surface area contributed by atoms with Crippen LogP contribution in [0.1, 0.15) is 32.6 Å². The Kier molecular flexibility index (Phi) is 8.48. The molecule has 168 valence electrons. The van der Waals surface area contributed by atoms with Crippen molar-refractivity contribution in [3.05, 3.63) is 47.5 Å². The van der Waals surface area contributed by atoms with Gasteiger partial charge in [0.2, 0.25) is 0 Å². The maximum Gasteiger partial charge on any atom is 0.411 e. The molecule has 0 aliphatic rings. The maximum absolute atomic E-state index is 11.8. The number of hydrogen-bond donors (Lipinski definition) is 1. The third-order valence-corrected chi connectivity index (χ3v) is 5.72. The molecule has 6 nitrogen and oxygen atoms in total. The second-order valence-corrected chi connectivity index (χ2v) is 8.69. The average Bonchev–Trinajstić information content (AvgIpc) is 3.21. The number of aromatic nitrogens is 1. The molecule has 0 spiro atoms. The highest BCUT2D eigenvalue weighted by Crippen LogP contribution is 2.34. The van der Waals surface area contributed by atoms with Crippen LogP contribution in [-0.4, -0.2) is 42.2 Å². The summed E-state index contributed by atoms with van der Waals surface area (Å²) in [7, 11) is 0. The van der Waals surface area contributed by atoms with E-state index in [4.69, 9.17) is 9.47 Å². The molecule has 1 aromatic carbocycles. The second kappa shape index (κ2) is 11.5. The summed E-state index contributed by atoms with van der Waals surface area (Å²) in [6, 6.07) is 11.0. The molecule has 3 aromatic rings. The molecule has 0 unspecified atom stereocenters. The van der Waals surface area contributed by atoms with Crippen LogP contribution in [0.3, 0.4) is 0 Å². The minimum Gasteiger partial charge on any atom is -0.456 e. The van der Waals surface area contributed by atoms with Crippen LogP contribution in [0.2, 0.25) is 0 Å². The zero-order valence-electron chi connectivity index (χ0n) is 19.0. The van der Waals surface area contributed by atoms with Gasteiger partial charge in [-0.05, 0) is 49.3 Å². The van der Waals surface area contributed by atoms with Gasteiger partial charge in [-0.25, -0.2) is 4.79 Å². The van der Waals surface area contributed by atoms with Gasteiger partial charge in [-0.1, -0.05) is 39.5 Å². The Bertz CT molecular complexity index is 1090. The van der Waals surface area contributed by atoms with Gasteiger partial charge in [-0.15, -0.1) is 11.3 Å². The number of carbonyl (C=O) groups excluding carboxylic acids is 1. The molecular formula is C25H29N3O3S. The molecule has 0 aliphatic heterocycles. The smallest absolute Gasteiger partial charge is 0.411 e. The molecule has 0 radical (unpaired) electrons. The van der Waals surface area contributed by atoms with E-state index < -0.39 is 6.09 Å². The lowest BCUT2D eigenvalue weighted by atomic mass is 10.2. The molecule has 2 heterocycles. The summed E-state index contributed by atoms with van der Waals surface area (Å²) < 4.78 is 12.2. The van der Waals surface area contributed by atoms with Crippen molar-refractivity contribution in [2.75, 3.05) is 31.6 Å². The molecule has 32 heavy (non-hydrogen) atoms. The monoisotopic (exact) mass is 451 g/mol. The predicted molar refractivity (Wildman–Crippen MR) is 131 cm³/mol. The number of pyridine rings is 1. The number of nitrogens with one attached hydrogen (secondary N) is 1. The molecule has 0 saturated heterocycles. The fraction of sp³-hybridized carbons (Fsp3) is 0.360. The van der Waals surface area contributed by atoms with E-state index in [2.05, 4.69) is 40.9 Å². The van der Waals surface area contributed by atoms with Gasteiger partial charge in [0.25, 0.3) is 0 Å². The number of rotatable bonds is 8. The largest absolute Gasteiger partial charge is 0.456 e. The van der Waals surface area contributed by atoms with Crippen LogP contribution < -0.4 is 10.1 Å². The molecule has 7 heteroatoms. The van der Waals surface area contributed by atoms with Crippen molar-refractivity contribution < 1.29 is 14.3 Å². The topological polar surface area (TPSA) is 63.7 Å². The molecule has 0 bridgehead atoms. The van der Waals surface area contributed by atoms with Gasteiger partial charge in [0.15, 0.2) is 0 Å². The van der Waals surface area contributed by atoms with Crippen molar-refractivity contribution in [3.63, 3.8) is 0 Å². The number of thiophene rings is 1. The Labute approximate surface area is 193 Å². The number of nitrogens with zero attached hydrogens (tertiary/aromatic N) is 2. The standard InChI is InChI=1S/C25H29N3O3S/c1-5-28(6-2)15-7-8-21-16-22-24(32-21)23(13-14-26-22)31-20-11-9-19(10-12-20)27-25(29)30-17-18(3)4/h9-14,16,18H,5-6,15,17H2,1-4H3,(H,27,29). The van der Waals surface area contributed by atoms with Crippen LogP contribution in [0.5, 0.6) is 11.5 Å². The summed E-state index contributed by atoms with van der Waals surface area (Å²) in [5, 5.41) is 2.71. The fourth-order valence-electron chi connectivity index (χ4n) is 2.87. The first kappa shape index (κ1) is 23.6. The lowest BCUT2D eigenvalue weighted by Gasteiger charge is -2.12. The number of ether oxygens (including phenoxy) is 2. The molecule has 0 saturated carbocycles. The molecule has 1 amide bonds. The van der Waals surface area contributed by atoms with Crippen LogP contribution in [0, 0.1) is 17.8 Å². The van der Waals surface area contributed by atoms with Gasteiger partial charge >= 0.3 is 6.09 Å². The van der Waals surface area contributed by atoms with Crippen molar-refractivity contribution >= 4 is 33.3 Å². The molecule has 3 rings (SSSR count). The Morgan fingerprint density at radius 1 is 1.19 bits per heavy atom. The normalized spacial score (nSPS) is 10.8. The van der Waals surface area contributed by atoms with Crippen LogP contribution in [-0.2, 0) is 4.74 Å². The first-order valence-corrected chi connectivity index (χ1v) is 11.6. The predicted octanol–water partition coefficient (Wildman–Crippen LogP) is 5.99. The molecule has 0 fully saturated rings. The maximum atomic E-state index is 11.8. The van der Waals surface area contributed by atoms with Gasteiger partial charge in [-0.2, -0.15) is 0 Å². The molecule has 0 aliphatic carbocycles. The van der Waals surface area contributed by atoms with E-state index in [1.807, 2.05) is 38.1 Å². The highest BCUT2D eigenvalue weighted by Gasteiger charge is 2.10. The molecule has 2 aromatic heterocycles. The van der Waals surface area contributed by atoms with Crippen molar-refractivity contribution in [1.82, 2.24) is 9.88 Å². The minimum absolute atomic E-state index is 0.292. The van der Waals surface area contributed by atoms with Gasteiger partial charge in [-0.3, -0.25) is 15.2 Å². The quantitative estimate of drug-likeness (QED) is 0.427. The summed E-state index contributed by atoms with van der Waals surface area (Å²) in [6.07, 6.45) is 1.27. The zero-order valence-corrected chi connectivity index (χ0v) is 19.8. The summed E-state index contributed by atoms with van der Waals surface area (Å²) in [4.78, 5) is 19.5. The number of benzene rings is 1. The van der Waals surface area contributed by atoms with Crippen LogP contribution >= 0.6 is 11.3 Å². The van der Waals surface area contributed by atoms with Crippen LogP contribution in [0.15, 0.2) is 42.6 Å². The van der Waals surface area contributed by atoms with Crippen LogP contribution in [0.4, 0.5) is 10.5 Å². The Hall–Kier alpha value is -3.08.